The summed E-state index contributed by atoms with van der Waals surface area (Å²) in [5.74, 6) is 2.78. The first-order valence-corrected chi connectivity index (χ1v) is 7.28. The van der Waals surface area contributed by atoms with Crippen molar-refractivity contribution in [1.82, 2.24) is 19.7 Å². The number of likely N-dealkylation sites (tertiary alicyclic amines) is 1. The number of aromatic nitrogens is 3. The molecule has 2 aliphatic rings. The molecule has 0 saturated carbocycles. The highest BCUT2D eigenvalue weighted by Gasteiger charge is 2.30. The van der Waals surface area contributed by atoms with Crippen LogP contribution in [0, 0.1) is 0 Å². The maximum absolute atomic E-state index is 5.61. The van der Waals surface area contributed by atoms with Crippen molar-refractivity contribution in [2.45, 2.75) is 25.4 Å². The number of aryl methyl sites for hydroxylation is 1. The van der Waals surface area contributed by atoms with Crippen molar-refractivity contribution in [3.05, 3.63) is 35.9 Å². The van der Waals surface area contributed by atoms with Gasteiger partial charge in [0, 0.05) is 19.2 Å². The van der Waals surface area contributed by atoms with E-state index in [1.165, 1.54) is 12.0 Å². The molecule has 6 heteroatoms. The van der Waals surface area contributed by atoms with Crippen LogP contribution < -0.4 is 9.47 Å². The smallest absolute Gasteiger partial charge is 0.231 e. The van der Waals surface area contributed by atoms with Gasteiger partial charge in [0.25, 0.3) is 0 Å². The predicted molar refractivity (Wildman–Crippen MR) is 76.0 cm³/mol. The Bertz CT molecular complexity index is 655. The van der Waals surface area contributed by atoms with Gasteiger partial charge in [0.2, 0.25) is 6.79 Å². The first kappa shape index (κ1) is 12.6. The van der Waals surface area contributed by atoms with Crippen molar-refractivity contribution in [2.24, 2.45) is 7.05 Å². The monoisotopic (exact) mass is 286 g/mol. The van der Waals surface area contributed by atoms with Crippen LogP contribution in [0.5, 0.6) is 11.5 Å². The minimum atomic E-state index is 0.319. The number of fused-ring (bicyclic) bond motifs is 1. The Morgan fingerprint density at radius 2 is 2.29 bits per heavy atom. The molecule has 6 nitrogen and oxygen atoms in total. The van der Waals surface area contributed by atoms with Crippen LogP contribution in [-0.2, 0) is 13.6 Å². The van der Waals surface area contributed by atoms with Gasteiger partial charge in [-0.1, -0.05) is 12.1 Å². The summed E-state index contributed by atoms with van der Waals surface area (Å²) in [6, 6.07) is 6.42. The van der Waals surface area contributed by atoms with Crippen molar-refractivity contribution in [3.8, 4) is 11.5 Å². The van der Waals surface area contributed by atoms with Crippen molar-refractivity contribution in [3.63, 3.8) is 0 Å². The quantitative estimate of drug-likeness (QED) is 0.862. The standard InChI is InChI=1S/C15H18N4O2/c1-18-9-16-17-15(18)12-5-3-7-19(12)8-11-4-2-6-13-14(11)21-10-20-13/h2,4,6,9,12H,3,5,7-8,10H2,1H3. The predicted octanol–water partition coefficient (Wildman–Crippen LogP) is 1.88. The number of para-hydroxylation sites is 1. The van der Waals surface area contributed by atoms with Gasteiger partial charge in [-0.15, -0.1) is 10.2 Å². The van der Waals surface area contributed by atoms with E-state index in [-0.39, 0.29) is 0 Å². The zero-order valence-electron chi connectivity index (χ0n) is 12.0. The summed E-state index contributed by atoms with van der Waals surface area (Å²) in [6.45, 7) is 2.24. The summed E-state index contributed by atoms with van der Waals surface area (Å²) < 4.78 is 13.1. The first-order valence-electron chi connectivity index (χ1n) is 7.28. The lowest BCUT2D eigenvalue weighted by molar-refractivity contribution is 0.171. The third-order valence-electron chi connectivity index (χ3n) is 4.26. The number of rotatable bonds is 3. The molecule has 0 spiro atoms. The Morgan fingerprint density at radius 1 is 1.33 bits per heavy atom. The van der Waals surface area contributed by atoms with E-state index >= 15 is 0 Å². The summed E-state index contributed by atoms with van der Waals surface area (Å²) in [6.07, 6.45) is 4.08. The fourth-order valence-corrected chi connectivity index (χ4v) is 3.24. The summed E-state index contributed by atoms with van der Waals surface area (Å²) >= 11 is 0. The summed E-state index contributed by atoms with van der Waals surface area (Å²) in [4.78, 5) is 2.45. The molecule has 1 saturated heterocycles. The lowest BCUT2D eigenvalue weighted by Gasteiger charge is -2.24. The van der Waals surface area contributed by atoms with Crippen LogP contribution in [0.15, 0.2) is 24.5 Å². The molecule has 3 heterocycles. The molecule has 21 heavy (non-hydrogen) atoms. The molecule has 0 radical (unpaired) electrons. The molecule has 1 unspecified atom stereocenters. The van der Waals surface area contributed by atoms with E-state index in [0.29, 0.717) is 12.8 Å². The Labute approximate surface area is 123 Å². The van der Waals surface area contributed by atoms with E-state index < -0.39 is 0 Å². The van der Waals surface area contributed by atoms with E-state index in [4.69, 9.17) is 9.47 Å². The lowest BCUT2D eigenvalue weighted by Crippen LogP contribution is -2.25. The Hall–Kier alpha value is -2.08. The molecule has 110 valence electrons. The second-order valence-electron chi connectivity index (χ2n) is 5.58. The van der Waals surface area contributed by atoms with E-state index in [2.05, 4.69) is 21.2 Å². The average molecular weight is 286 g/mol. The molecule has 0 amide bonds. The Kier molecular flexibility index (Phi) is 3.03. The summed E-state index contributed by atoms with van der Waals surface area (Å²) in [5, 5.41) is 8.28. The van der Waals surface area contributed by atoms with Gasteiger partial charge in [-0.3, -0.25) is 4.90 Å². The number of ether oxygens (including phenoxy) is 2. The second kappa shape index (κ2) is 5.04. The van der Waals surface area contributed by atoms with Gasteiger partial charge in [0.15, 0.2) is 11.5 Å². The van der Waals surface area contributed by atoms with E-state index in [9.17, 15) is 0 Å². The maximum Gasteiger partial charge on any atom is 0.231 e. The number of nitrogens with zero attached hydrogens (tertiary/aromatic N) is 4. The van der Waals surface area contributed by atoms with Crippen LogP contribution in [0.25, 0.3) is 0 Å². The first-order chi connectivity index (χ1) is 10.3. The summed E-state index contributed by atoms with van der Waals surface area (Å²) in [5.41, 5.74) is 1.18. The number of hydrogen-bond donors (Lipinski definition) is 0. The molecular formula is C15H18N4O2. The lowest BCUT2D eigenvalue weighted by atomic mass is 10.1. The van der Waals surface area contributed by atoms with Crippen LogP contribution in [0.3, 0.4) is 0 Å². The molecule has 0 N–H and O–H groups in total. The van der Waals surface area contributed by atoms with Crippen molar-refractivity contribution < 1.29 is 9.47 Å². The highest BCUT2D eigenvalue weighted by atomic mass is 16.7. The van der Waals surface area contributed by atoms with Crippen LogP contribution >= 0.6 is 0 Å². The fraction of sp³-hybridized carbons (Fsp3) is 0.467. The third kappa shape index (κ3) is 2.15. The Morgan fingerprint density at radius 3 is 3.14 bits per heavy atom. The zero-order valence-corrected chi connectivity index (χ0v) is 12.0. The van der Waals surface area contributed by atoms with Gasteiger partial charge in [0.05, 0.1) is 6.04 Å². The van der Waals surface area contributed by atoms with Gasteiger partial charge in [-0.2, -0.15) is 0 Å². The molecule has 1 fully saturated rings. The molecule has 0 aliphatic carbocycles. The SMILES string of the molecule is Cn1cnnc1C1CCCN1Cc1cccc2c1OCO2. The normalized spacial score (nSPS) is 21.1. The van der Waals surface area contributed by atoms with Crippen LogP contribution in [0.2, 0.25) is 0 Å². The minimum absolute atomic E-state index is 0.319. The average Bonchev–Trinajstić information content (AvgIpc) is 3.19. The number of hydrogen-bond acceptors (Lipinski definition) is 5. The zero-order chi connectivity index (χ0) is 14.2. The summed E-state index contributed by atoms with van der Waals surface area (Å²) in [7, 11) is 2.00. The topological polar surface area (TPSA) is 52.4 Å². The van der Waals surface area contributed by atoms with Crippen molar-refractivity contribution in [2.75, 3.05) is 13.3 Å². The highest BCUT2D eigenvalue weighted by molar-refractivity contribution is 5.48. The minimum Gasteiger partial charge on any atom is -0.454 e. The third-order valence-corrected chi connectivity index (χ3v) is 4.26. The maximum atomic E-state index is 5.61. The molecule has 2 aliphatic heterocycles. The van der Waals surface area contributed by atoms with Crippen LogP contribution in [0.4, 0.5) is 0 Å². The van der Waals surface area contributed by atoms with Crippen LogP contribution in [-0.4, -0.2) is 33.0 Å². The van der Waals surface area contributed by atoms with E-state index in [0.717, 1.165) is 36.8 Å². The molecule has 1 aromatic carbocycles. The molecule has 1 atom stereocenters. The molecular weight excluding hydrogens is 268 g/mol. The molecule has 4 rings (SSSR count). The second-order valence-corrected chi connectivity index (χ2v) is 5.58. The van der Waals surface area contributed by atoms with Crippen molar-refractivity contribution >= 4 is 0 Å². The van der Waals surface area contributed by atoms with E-state index in [1.54, 1.807) is 6.33 Å². The number of benzene rings is 1. The fourth-order valence-electron chi connectivity index (χ4n) is 3.24. The van der Waals surface area contributed by atoms with E-state index in [1.807, 2.05) is 23.7 Å². The Balaban J connectivity index is 1.60. The van der Waals surface area contributed by atoms with Gasteiger partial charge < -0.3 is 14.0 Å². The van der Waals surface area contributed by atoms with Gasteiger partial charge in [0.1, 0.15) is 12.2 Å². The molecule has 0 bridgehead atoms. The van der Waals surface area contributed by atoms with Crippen molar-refractivity contribution in [1.29, 1.82) is 0 Å². The van der Waals surface area contributed by atoms with Gasteiger partial charge >= 0.3 is 0 Å². The largest absolute Gasteiger partial charge is 0.454 e. The van der Waals surface area contributed by atoms with Crippen LogP contribution in [0.1, 0.15) is 30.3 Å². The highest BCUT2D eigenvalue weighted by Crippen LogP contribution is 2.38. The van der Waals surface area contributed by atoms with Gasteiger partial charge in [-0.05, 0) is 25.5 Å². The molecule has 1 aromatic heterocycles. The van der Waals surface area contributed by atoms with Gasteiger partial charge in [-0.25, -0.2) is 0 Å². The molecule has 2 aromatic rings.